The molecule has 0 radical (unpaired) electrons. The van der Waals surface area contributed by atoms with Gasteiger partial charge in [-0.15, -0.1) is 0 Å². The first-order valence-corrected chi connectivity index (χ1v) is 9.51. The molecule has 0 unspecified atom stereocenters. The van der Waals surface area contributed by atoms with Crippen molar-refractivity contribution in [3.05, 3.63) is 23.5 Å². The van der Waals surface area contributed by atoms with Crippen molar-refractivity contribution in [1.82, 2.24) is 10.3 Å². The van der Waals surface area contributed by atoms with Crippen LogP contribution in [0, 0.1) is 23.2 Å². The summed E-state index contributed by atoms with van der Waals surface area (Å²) in [5.74, 6) is 2.57. The standard InChI is InChI=1S/C18H22ClN3OS/c19-16-14(2-1-3-20-16)21-17(24)22-15(23)10-18-7-11-4-12(8-18)6-13(5-11)9-18/h1-3,11-13H,4-10H2,(H2,21,22,23,24). The summed E-state index contributed by atoms with van der Waals surface area (Å²) < 4.78 is 0. The fourth-order valence-corrected chi connectivity index (χ4v) is 6.04. The first kappa shape index (κ1) is 16.3. The van der Waals surface area contributed by atoms with Gasteiger partial charge in [-0.3, -0.25) is 4.79 Å². The van der Waals surface area contributed by atoms with E-state index in [4.69, 9.17) is 23.8 Å². The van der Waals surface area contributed by atoms with E-state index in [1.807, 2.05) is 0 Å². The summed E-state index contributed by atoms with van der Waals surface area (Å²) in [6.45, 7) is 0. The third-order valence-electron chi connectivity index (χ3n) is 5.96. The van der Waals surface area contributed by atoms with E-state index in [9.17, 15) is 4.79 Å². The van der Waals surface area contributed by atoms with E-state index >= 15 is 0 Å². The molecule has 6 heteroatoms. The molecule has 1 amide bonds. The molecule has 5 rings (SSSR count). The minimum Gasteiger partial charge on any atom is -0.330 e. The van der Waals surface area contributed by atoms with Gasteiger partial charge in [0, 0.05) is 12.6 Å². The molecule has 4 aliphatic carbocycles. The Morgan fingerprint density at radius 3 is 2.46 bits per heavy atom. The molecule has 0 saturated heterocycles. The molecule has 4 aliphatic rings. The van der Waals surface area contributed by atoms with Crippen LogP contribution >= 0.6 is 23.8 Å². The average molecular weight is 364 g/mol. The number of anilines is 1. The molecule has 0 spiro atoms. The fourth-order valence-electron chi connectivity index (χ4n) is 5.65. The molecule has 2 N–H and O–H groups in total. The molecule has 4 fully saturated rings. The zero-order chi connectivity index (χ0) is 16.7. The number of nitrogens with one attached hydrogen (secondary N) is 2. The highest BCUT2D eigenvalue weighted by atomic mass is 35.5. The number of carbonyl (C=O) groups is 1. The van der Waals surface area contributed by atoms with Gasteiger partial charge in [-0.25, -0.2) is 4.98 Å². The zero-order valence-corrected chi connectivity index (χ0v) is 15.1. The lowest BCUT2D eigenvalue weighted by molar-refractivity contribution is -0.127. The van der Waals surface area contributed by atoms with E-state index < -0.39 is 0 Å². The van der Waals surface area contributed by atoms with Gasteiger partial charge in [-0.2, -0.15) is 0 Å². The molecule has 4 nitrogen and oxygen atoms in total. The monoisotopic (exact) mass is 363 g/mol. The third-order valence-corrected chi connectivity index (χ3v) is 6.47. The van der Waals surface area contributed by atoms with Gasteiger partial charge in [0.1, 0.15) is 0 Å². The maximum absolute atomic E-state index is 12.5. The number of pyridine rings is 1. The second-order valence-electron chi connectivity index (χ2n) is 7.94. The predicted molar refractivity (Wildman–Crippen MR) is 98.8 cm³/mol. The van der Waals surface area contributed by atoms with Gasteiger partial charge in [0.05, 0.1) is 5.69 Å². The van der Waals surface area contributed by atoms with Crippen molar-refractivity contribution < 1.29 is 4.79 Å². The van der Waals surface area contributed by atoms with Crippen LogP contribution in [0.15, 0.2) is 18.3 Å². The molecule has 0 atom stereocenters. The third kappa shape index (κ3) is 3.29. The molecule has 1 aromatic rings. The Bertz CT molecular complexity index is 643. The van der Waals surface area contributed by atoms with Crippen LogP contribution in [0.25, 0.3) is 0 Å². The summed E-state index contributed by atoms with van der Waals surface area (Å²) in [6, 6.07) is 3.56. The van der Waals surface area contributed by atoms with E-state index in [-0.39, 0.29) is 11.3 Å². The first-order chi connectivity index (χ1) is 11.5. The van der Waals surface area contributed by atoms with Gasteiger partial charge in [0.2, 0.25) is 5.91 Å². The molecule has 1 aromatic heterocycles. The van der Waals surface area contributed by atoms with Gasteiger partial charge < -0.3 is 10.6 Å². The van der Waals surface area contributed by atoms with Crippen LogP contribution in [0.1, 0.15) is 44.9 Å². The number of amides is 1. The highest BCUT2D eigenvalue weighted by Crippen LogP contribution is 2.61. The van der Waals surface area contributed by atoms with Crippen molar-refractivity contribution in [1.29, 1.82) is 0 Å². The Labute approximate surface area is 152 Å². The zero-order valence-electron chi connectivity index (χ0n) is 13.6. The second-order valence-corrected chi connectivity index (χ2v) is 8.70. The Balaban J connectivity index is 1.35. The van der Waals surface area contributed by atoms with Gasteiger partial charge in [-0.05, 0) is 86.0 Å². The summed E-state index contributed by atoms with van der Waals surface area (Å²) in [4.78, 5) is 16.5. The number of rotatable bonds is 3. The van der Waals surface area contributed by atoms with Crippen molar-refractivity contribution in [2.24, 2.45) is 23.2 Å². The normalized spacial score (nSPS) is 33.3. The first-order valence-electron chi connectivity index (χ1n) is 8.73. The number of carbonyl (C=O) groups excluding carboxylic acids is 1. The summed E-state index contributed by atoms with van der Waals surface area (Å²) in [7, 11) is 0. The molecule has 1 heterocycles. The van der Waals surface area contributed by atoms with Gasteiger partial charge in [-0.1, -0.05) is 11.6 Å². The summed E-state index contributed by atoms with van der Waals surface area (Å²) in [5, 5.41) is 6.41. The Hall–Kier alpha value is -1.20. The smallest absolute Gasteiger partial charge is 0.226 e. The quantitative estimate of drug-likeness (QED) is 0.625. The number of hydrogen-bond acceptors (Lipinski definition) is 3. The fraction of sp³-hybridized carbons (Fsp3) is 0.611. The minimum atomic E-state index is 0.0227. The molecular weight excluding hydrogens is 342 g/mol. The van der Waals surface area contributed by atoms with Crippen LogP contribution in [0.4, 0.5) is 5.69 Å². The maximum atomic E-state index is 12.5. The molecule has 24 heavy (non-hydrogen) atoms. The van der Waals surface area contributed by atoms with E-state index in [1.165, 1.54) is 38.5 Å². The van der Waals surface area contributed by atoms with E-state index in [1.54, 1.807) is 18.3 Å². The largest absolute Gasteiger partial charge is 0.330 e. The predicted octanol–water partition coefficient (Wildman–Crippen LogP) is 4.15. The molecule has 0 aliphatic heterocycles. The average Bonchev–Trinajstić information content (AvgIpc) is 2.47. The van der Waals surface area contributed by atoms with Crippen LogP contribution < -0.4 is 10.6 Å². The summed E-state index contributed by atoms with van der Waals surface area (Å²) in [5.41, 5.74) is 0.833. The lowest BCUT2D eigenvalue weighted by atomic mass is 9.49. The van der Waals surface area contributed by atoms with Crippen LogP contribution in [-0.4, -0.2) is 16.0 Å². The van der Waals surface area contributed by atoms with Crippen LogP contribution in [0.5, 0.6) is 0 Å². The Morgan fingerprint density at radius 2 is 1.88 bits per heavy atom. The Kier molecular flexibility index (Phi) is 4.25. The van der Waals surface area contributed by atoms with Gasteiger partial charge >= 0.3 is 0 Å². The molecule has 0 aromatic carbocycles. The van der Waals surface area contributed by atoms with Crippen molar-refractivity contribution in [2.45, 2.75) is 44.9 Å². The molecule has 128 valence electrons. The SMILES string of the molecule is O=C(CC12CC3CC(CC(C3)C1)C2)NC(=S)Nc1cccnc1Cl. The maximum Gasteiger partial charge on any atom is 0.226 e. The molecular formula is C18H22ClN3OS. The van der Waals surface area contributed by atoms with Crippen molar-refractivity contribution in [2.75, 3.05) is 5.32 Å². The highest BCUT2D eigenvalue weighted by molar-refractivity contribution is 7.80. The summed E-state index contributed by atoms with van der Waals surface area (Å²) in [6.07, 6.45) is 10.0. The number of halogens is 1. The topological polar surface area (TPSA) is 54.0 Å². The Morgan fingerprint density at radius 1 is 1.25 bits per heavy atom. The van der Waals surface area contributed by atoms with Crippen molar-refractivity contribution >= 4 is 40.5 Å². The number of aromatic nitrogens is 1. The highest BCUT2D eigenvalue weighted by Gasteiger charge is 2.51. The van der Waals surface area contributed by atoms with Crippen molar-refractivity contribution in [3.63, 3.8) is 0 Å². The lowest BCUT2D eigenvalue weighted by Gasteiger charge is -2.56. The van der Waals surface area contributed by atoms with Crippen LogP contribution in [0.2, 0.25) is 5.15 Å². The number of nitrogens with zero attached hydrogens (tertiary/aromatic N) is 1. The van der Waals surface area contributed by atoms with Crippen LogP contribution in [-0.2, 0) is 4.79 Å². The minimum absolute atomic E-state index is 0.0227. The second kappa shape index (κ2) is 6.26. The number of thiocarbonyl (C=S) groups is 1. The summed E-state index contributed by atoms with van der Waals surface area (Å²) >= 11 is 11.3. The van der Waals surface area contributed by atoms with Gasteiger partial charge in [0.15, 0.2) is 10.3 Å². The van der Waals surface area contributed by atoms with E-state index in [2.05, 4.69) is 15.6 Å². The van der Waals surface area contributed by atoms with Crippen LogP contribution in [0.3, 0.4) is 0 Å². The van der Waals surface area contributed by atoms with Gasteiger partial charge in [0.25, 0.3) is 0 Å². The van der Waals surface area contributed by atoms with E-state index in [0.717, 1.165) is 17.8 Å². The molecule has 4 bridgehead atoms. The van der Waals surface area contributed by atoms with Crippen molar-refractivity contribution in [3.8, 4) is 0 Å². The molecule has 4 saturated carbocycles. The lowest BCUT2D eigenvalue weighted by Crippen LogP contribution is -2.48. The number of hydrogen-bond donors (Lipinski definition) is 2. The van der Waals surface area contributed by atoms with E-state index in [0.29, 0.717) is 22.4 Å².